The molecule has 0 spiro atoms. The molecule has 2 heterocycles. The minimum Gasteiger partial charge on any atom is -0.454 e. The van der Waals surface area contributed by atoms with Crippen molar-refractivity contribution in [3.8, 4) is 12.1 Å². The predicted octanol–water partition coefficient (Wildman–Crippen LogP) is 15.4. The Bertz CT molecular complexity index is 3570. The van der Waals surface area contributed by atoms with E-state index < -0.39 is 0 Å². The lowest BCUT2D eigenvalue weighted by Crippen LogP contribution is -2.15. The van der Waals surface area contributed by atoms with E-state index in [1.54, 1.807) is 0 Å². The van der Waals surface area contributed by atoms with Crippen molar-refractivity contribution in [3.63, 3.8) is 0 Å². The molecule has 0 saturated heterocycles. The van der Waals surface area contributed by atoms with E-state index in [-0.39, 0.29) is 0 Å². The molecule has 0 saturated carbocycles. The molecule has 0 aliphatic rings. The molecule has 0 bridgehead atoms. The van der Waals surface area contributed by atoms with Crippen molar-refractivity contribution in [2.75, 3.05) is 9.80 Å². The summed E-state index contributed by atoms with van der Waals surface area (Å²) >= 11 is 0. The van der Waals surface area contributed by atoms with Crippen LogP contribution in [0.4, 0.5) is 34.1 Å². The summed E-state index contributed by atoms with van der Waals surface area (Å²) in [6.07, 6.45) is 0. The molecular weight excluding hydrogens is 749 g/mol. The van der Waals surface area contributed by atoms with E-state index in [1.807, 2.05) is 84.9 Å². The normalized spacial score (nSPS) is 11.7. The second-order valence-corrected chi connectivity index (χ2v) is 15.6. The van der Waals surface area contributed by atoms with Crippen LogP contribution in [0, 0.1) is 29.6 Å². The van der Waals surface area contributed by atoms with Gasteiger partial charge in [-0.1, -0.05) is 97.1 Å². The first-order valence-electron chi connectivity index (χ1n) is 20.2. The zero-order chi connectivity index (χ0) is 40.8. The molecule has 0 atom stereocenters. The molecule has 2 aromatic heterocycles. The van der Waals surface area contributed by atoms with Crippen LogP contribution in [-0.4, -0.2) is 0 Å². The highest BCUT2D eigenvalue weighted by atomic mass is 16.3. The first-order valence-corrected chi connectivity index (χ1v) is 20.2. The summed E-state index contributed by atoms with van der Waals surface area (Å²) in [6, 6.07) is 64.7. The number of hydrogen-bond donors (Lipinski definition) is 0. The van der Waals surface area contributed by atoms with Crippen LogP contribution >= 0.6 is 0 Å². The fraction of sp³-hybridized carbons (Fsp3) is 0.0182. The lowest BCUT2D eigenvalue weighted by atomic mass is 9.90. The van der Waals surface area contributed by atoms with Crippen LogP contribution in [0.25, 0.3) is 76.2 Å². The highest BCUT2D eigenvalue weighted by Crippen LogP contribution is 2.52. The first-order chi connectivity index (χ1) is 30.1. The van der Waals surface area contributed by atoms with Crippen LogP contribution in [0.2, 0.25) is 0 Å². The average molecular weight is 781 g/mol. The molecule has 61 heavy (non-hydrogen) atoms. The van der Waals surface area contributed by atoms with Crippen molar-refractivity contribution < 1.29 is 8.83 Å². The summed E-state index contributed by atoms with van der Waals surface area (Å²) in [5, 5.41) is 30.6. The van der Waals surface area contributed by atoms with Gasteiger partial charge in [0.25, 0.3) is 0 Å². The maximum absolute atomic E-state index is 9.90. The molecule has 6 nitrogen and oxygen atoms in total. The molecular formula is C55H32N4O2. The van der Waals surface area contributed by atoms with Crippen molar-refractivity contribution >= 4 is 110 Å². The van der Waals surface area contributed by atoms with Crippen molar-refractivity contribution in [2.45, 2.75) is 6.92 Å². The number of hydrogen-bond acceptors (Lipinski definition) is 6. The standard InChI is InChI=1S/C55H32N4O2/c1-33-28-36-20-26-44-48(58(38-22-16-34(31-56)17-23-38)46-12-6-10-42-40-8-2-4-14-50(40)60-54(42)46)30-49(45-27-21-37(29-33)52(36)53(44)45)59(39-24-18-35(32-57)19-25-39)47-13-7-11-43-41-9-3-5-15-51(41)61-55(43)47/h2-30H,1H3. The van der Waals surface area contributed by atoms with Crippen molar-refractivity contribution in [3.05, 3.63) is 193 Å². The van der Waals surface area contributed by atoms with Crippen molar-refractivity contribution in [1.82, 2.24) is 0 Å². The van der Waals surface area contributed by atoms with Gasteiger partial charge < -0.3 is 18.6 Å². The lowest BCUT2D eigenvalue weighted by Gasteiger charge is -2.32. The summed E-state index contributed by atoms with van der Waals surface area (Å²) in [6.45, 7) is 2.15. The van der Waals surface area contributed by atoms with E-state index in [0.29, 0.717) is 11.1 Å². The quantitative estimate of drug-likeness (QED) is 0.156. The largest absolute Gasteiger partial charge is 0.454 e. The van der Waals surface area contributed by atoms with E-state index in [2.05, 4.69) is 120 Å². The van der Waals surface area contributed by atoms with Gasteiger partial charge in [0.05, 0.1) is 46.0 Å². The highest BCUT2D eigenvalue weighted by Gasteiger charge is 2.28. The number of fused-ring (bicyclic) bond motifs is 6. The Kier molecular flexibility index (Phi) is 7.47. The Hall–Kier alpha value is -8.58. The monoisotopic (exact) mass is 780 g/mol. The topological polar surface area (TPSA) is 80.3 Å². The zero-order valence-corrected chi connectivity index (χ0v) is 32.8. The molecule has 6 heteroatoms. The minimum atomic E-state index is 0.572. The fourth-order valence-electron chi connectivity index (χ4n) is 9.41. The summed E-state index contributed by atoms with van der Waals surface area (Å²) in [4.78, 5) is 4.54. The van der Waals surface area contributed by atoms with Gasteiger partial charge >= 0.3 is 0 Å². The molecule has 12 rings (SSSR count). The Labute approximate surface area is 349 Å². The summed E-state index contributed by atoms with van der Waals surface area (Å²) < 4.78 is 13.5. The van der Waals surface area contributed by atoms with E-state index in [1.165, 1.54) is 10.9 Å². The van der Waals surface area contributed by atoms with Gasteiger partial charge in [-0.05, 0) is 108 Å². The number of rotatable bonds is 6. The molecule has 0 fully saturated rings. The average Bonchev–Trinajstić information content (AvgIpc) is 3.89. The van der Waals surface area contributed by atoms with Crippen LogP contribution in [0.1, 0.15) is 16.7 Å². The van der Waals surface area contributed by atoms with Crippen molar-refractivity contribution in [2.24, 2.45) is 0 Å². The molecule has 0 amide bonds. The summed E-state index contributed by atoms with van der Waals surface area (Å²) in [5.41, 5.74) is 10.8. The van der Waals surface area contributed by atoms with Crippen LogP contribution in [-0.2, 0) is 0 Å². The molecule has 0 N–H and O–H groups in total. The fourth-order valence-corrected chi connectivity index (χ4v) is 9.41. The van der Waals surface area contributed by atoms with E-state index in [9.17, 15) is 10.5 Å². The van der Waals surface area contributed by atoms with Crippen LogP contribution in [0.5, 0.6) is 0 Å². The Morgan fingerprint density at radius 2 is 0.836 bits per heavy atom. The van der Waals surface area contributed by atoms with Crippen LogP contribution in [0.15, 0.2) is 185 Å². The minimum absolute atomic E-state index is 0.572. The van der Waals surface area contributed by atoms with Gasteiger partial charge in [-0.25, -0.2) is 0 Å². The third-order valence-electron chi connectivity index (χ3n) is 12.1. The lowest BCUT2D eigenvalue weighted by molar-refractivity contribution is 0.669. The summed E-state index contributed by atoms with van der Waals surface area (Å²) in [7, 11) is 0. The highest BCUT2D eigenvalue weighted by molar-refractivity contribution is 6.29. The molecule has 0 aliphatic heterocycles. The predicted molar refractivity (Wildman–Crippen MR) is 248 cm³/mol. The maximum Gasteiger partial charge on any atom is 0.159 e. The van der Waals surface area contributed by atoms with Crippen LogP contribution in [0.3, 0.4) is 0 Å². The molecule has 284 valence electrons. The second kappa shape index (κ2) is 13.2. The number of anilines is 6. The maximum atomic E-state index is 9.90. The van der Waals surface area contributed by atoms with Crippen LogP contribution < -0.4 is 9.80 Å². The van der Waals surface area contributed by atoms with Gasteiger partial charge in [-0.2, -0.15) is 10.5 Å². The molecule has 12 aromatic rings. The van der Waals surface area contributed by atoms with E-state index >= 15 is 0 Å². The Morgan fingerprint density at radius 1 is 0.393 bits per heavy atom. The number of nitrogens with zero attached hydrogens (tertiary/aromatic N) is 4. The molecule has 0 aliphatic carbocycles. The van der Waals surface area contributed by atoms with Gasteiger partial charge in [0.2, 0.25) is 0 Å². The number of furan rings is 2. The molecule has 10 aromatic carbocycles. The number of aryl methyl sites for hydroxylation is 1. The van der Waals surface area contributed by atoms with Gasteiger partial charge in [-0.3, -0.25) is 0 Å². The smallest absolute Gasteiger partial charge is 0.159 e. The summed E-state index contributed by atoms with van der Waals surface area (Å²) in [5.74, 6) is 0. The van der Waals surface area contributed by atoms with Gasteiger partial charge in [0.15, 0.2) is 11.2 Å². The second-order valence-electron chi connectivity index (χ2n) is 15.6. The first kappa shape index (κ1) is 34.5. The SMILES string of the molecule is Cc1cc2ccc3c(N(c4ccc(C#N)cc4)c4cccc5c4oc4ccccc45)cc(N(c4ccc(C#N)cc4)c4cccc5c4oc4ccccc45)c4ccc(c1)c2c34. The molecule has 0 radical (unpaired) electrons. The third kappa shape index (κ3) is 5.20. The van der Waals surface area contributed by atoms with Crippen molar-refractivity contribution in [1.29, 1.82) is 10.5 Å². The third-order valence-corrected chi connectivity index (χ3v) is 12.1. The van der Waals surface area contributed by atoms with E-state index in [4.69, 9.17) is 8.83 Å². The number of benzene rings is 10. The van der Waals surface area contributed by atoms with Gasteiger partial charge in [0.1, 0.15) is 11.2 Å². The molecule has 0 unspecified atom stereocenters. The number of nitriles is 2. The Morgan fingerprint density at radius 3 is 1.30 bits per heavy atom. The Balaban J connectivity index is 1.25. The zero-order valence-electron chi connectivity index (χ0n) is 32.8. The van der Waals surface area contributed by atoms with Gasteiger partial charge in [-0.15, -0.1) is 0 Å². The number of para-hydroxylation sites is 4. The van der Waals surface area contributed by atoms with E-state index in [0.717, 1.165) is 105 Å². The van der Waals surface area contributed by atoms with Gasteiger partial charge in [0, 0.05) is 49.1 Å².